The second-order valence-corrected chi connectivity index (χ2v) is 6.18. The molecule has 2 aromatic rings. The summed E-state index contributed by atoms with van der Waals surface area (Å²) < 4.78 is 6.81. The first kappa shape index (κ1) is 13.0. The number of nitrogens with one attached hydrogen (secondary N) is 1. The molecule has 1 fully saturated rings. The molecule has 0 spiro atoms. The minimum Gasteiger partial charge on any atom is -0.381 e. The standard InChI is InChI=1S/C15H20N2OS/c1-2-16-13(11-7-8-18-10-11)9-15-17-12-5-3-4-6-14(12)19-15/h3-6,11,13,16H,2,7-10H2,1H3. The molecule has 4 heteroatoms. The summed E-state index contributed by atoms with van der Waals surface area (Å²) in [6.45, 7) is 4.97. The zero-order chi connectivity index (χ0) is 13.1. The van der Waals surface area contributed by atoms with Crippen molar-refractivity contribution in [2.75, 3.05) is 19.8 Å². The summed E-state index contributed by atoms with van der Waals surface area (Å²) in [5.41, 5.74) is 1.13. The molecule has 1 aliphatic rings. The van der Waals surface area contributed by atoms with Crippen molar-refractivity contribution in [2.24, 2.45) is 5.92 Å². The number of likely N-dealkylation sites (N-methyl/N-ethyl adjacent to an activating group) is 1. The molecule has 2 heterocycles. The van der Waals surface area contributed by atoms with Gasteiger partial charge in [0.2, 0.25) is 0 Å². The van der Waals surface area contributed by atoms with Crippen LogP contribution >= 0.6 is 11.3 Å². The number of hydrogen-bond acceptors (Lipinski definition) is 4. The van der Waals surface area contributed by atoms with E-state index in [0.29, 0.717) is 12.0 Å². The van der Waals surface area contributed by atoms with Crippen LogP contribution in [0.25, 0.3) is 10.2 Å². The van der Waals surface area contributed by atoms with Crippen LogP contribution in [0.4, 0.5) is 0 Å². The van der Waals surface area contributed by atoms with Crippen LogP contribution in [0.1, 0.15) is 18.4 Å². The average Bonchev–Trinajstić information content (AvgIpc) is 3.07. The molecule has 0 aliphatic carbocycles. The molecule has 1 aromatic heterocycles. The Labute approximate surface area is 118 Å². The molecule has 0 radical (unpaired) electrons. The largest absolute Gasteiger partial charge is 0.381 e. The van der Waals surface area contributed by atoms with Gasteiger partial charge in [0.25, 0.3) is 0 Å². The van der Waals surface area contributed by atoms with E-state index in [1.807, 2.05) is 11.3 Å². The van der Waals surface area contributed by atoms with Gasteiger partial charge in [-0.2, -0.15) is 0 Å². The molecule has 102 valence electrons. The van der Waals surface area contributed by atoms with Crippen molar-refractivity contribution in [1.82, 2.24) is 10.3 Å². The highest BCUT2D eigenvalue weighted by Gasteiger charge is 2.26. The minimum absolute atomic E-state index is 0.494. The van der Waals surface area contributed by atoms with Gasteiger partial charge in [-0.3, -0.25) is 0 Å². The summed E-state index contributed by atoms with van der Waals surface area (Å²) >= 11 is 1.82. The lowest BCUT2D eigenvalue weighted by Gasteiger charge is -2.22. The van der Waals surface area contributed by atoms with Crippen LogP contribution in [-0.2, 0) is 11.2 Å². The summed E-state index contributed by atoms with van der Waals surface area (Å²) in [6, 6.07) is 8.87. The Morgan fingerprint density at radius 2 is 2.37 bits per heavy atom. The van der Waals surface area contributed by atoms with Gasteiger partial charge < -0.3 is 10.1 Å². The van der Waals surface area contributed by atoms with Gasteiger partial charge in [0.1, 0.15) is 0 Å². The summed E-state index contributed by atoms with van der Waals surface area (Å²) in [4.78, 5) is 4.74. The number of para-hydroxylation sites is 1. The van der Waals surface area contributed by atoms with Crippen LogP contribution in [0.5, 0.6) is 0 Å². The zero-order valence-electron chi connectivity index (χ0n) is 11.3. The van der Waals surface area contributed by atoms with E-state index in [9.17, 15) is 0 Å². The van der Waals surface area contributed by atoms with Gasteiger partial charge in [0, 0.05) is 25.0 Å². The van der Waals surface area contributed by atoms with E-state index in [4.69, 9.17) is 9.72 Å². The zero-order valence-corrected chi connectivity index (χ0v) is 12.1. The van der Waals surface area contributed by atoms with Crippen molar-refractivity contribution in [3.63, 3.8) is 0 Å². The number of thiazole rings is 1. The molecule has 3 rings (SSSR count). The van der Waals surface area contributed by atoms with Gasteiger partial charge in [-0.05, 0) is 25.1 Å². The summed E-state index contributed by atoms with van der Waals surface area (Å²) in [5.74, 6) is 0.631. The SMILES string of the molecule is CCNC(Cc1nc2ccccc2s1)C1CCOC1. The number of rotatable bonds is 5. The fraction of sp³-hybridized carbons (Fsp3) is 0.533. The van der Waals surface area contributed by atoms with Crippen LogP contribution in [0, 0.1) is 5.92 Å². The Bertz CT molecular complexity index is 501. The van der Waals surface area contributed by atoms with Crippen molar-refractivity contribution in [2.45, 2.75) is 25.8 Å². The molecule has 1 aliphatic heterocycles. The summed E-state index contributed by atoms with van der Waals surface area (Å²) in [7, 11) is 0. The van der Waals surface area contributed by atoms with Gasteiger partial charge in [0.05, 0.1) is 21.8 Å². The molecule has 0 saturated carbocycles. The lowest BCUT2D eigenvalue weighted by atomic mass is 9.96. The Morgan fingerprint density at radius 3 is 3.11 bits per heavy atom. The number of nitrogens with zero attached hydrogens (tertiary/aromatic N) is 1. The highest BCUT2D eigenvalue weighted by atomic mass is 32.1. The topological polar surface area (TPSA) is 34.2 Å². The average molecular weight is 276 g/mol. The van der Waals surface area contributed by atoms with Crippen LogP contribution in [-0.4, -0.2) is 30.8 Å². The van der Waals surface area contributed by atoms with E-state index in [-0.39, 0.29) is 0 Å². The number of hydrogen-bond donors (Lipinski definition) is 1. The first-order chi connectivity index (χ1) is 9.36. The van der Waals surface area contributed by atoms with Gasteiger partial charge in [0.15, 0.2) is 0 Å². The molecule has 2 atom stereocenters. The van der Waals surface area contributed by atoms with E-state index in [2.05, 4.69) is 36.5 Å². The lowest BCUT2D eigenvalue weighted by Crippen LogP contribution is -2.38. The van der Waals surface area contributed by atoms with Crippen LogP contribution < -0.4 is 5.32 Å². The van der Waals surface area contributed by atoms with Gasteiger partial charge in [-0.15, -0.1) is 11.3 Å². The molecule has 1 aromatic carbocycles. The highest BCUT2D eigenvalue weighted by Crippen LogP contribution is 2.25. The van der Waals surface area contributed by atoms with E-state index in [1.54, 1.807) is 0 Å². The fourth-order valence-corrected chi connectivity index (χ4v) is 3.76. The maximum Gasteiger partial charge on any atom is 0.0954 e. The molecular formula is C15H20N2OS. The van der Waals surface area contributed by atoms with Crippen molar-refractivity contribution >= 4 is 21.6 Å². The number of fused-ring (bicyclic) bond motifs is 1. The number of ether oxygens (including phenoxy) is 1. The minimum atomic E-state index is 0.494. The maximum absolute atomic E-state index is 5.52. The van der Waals surface area contributed by atoms with Crippen LogP contribution in [0.3, 0.4) is 0 Å². The molecule has 1 N–H and O–H groups in total. The summed E-state index contributed by atoms with van der Waals surface area (Å²) in [5, 5.41) is 4.84. The fourth-order valence-electron chi connectivity index (χ4n) is 2.73. The van der Waals surface area contributed by atoms with Crippen molar-refractivity contribution in [3.8, 4) is 0 Å². The van der Waals surface area contributed by atoms with Gasteiger partial charge in [-0.25, -0.2) is 4.98 Å². The highest BCUT2D eigenvalue weighted by molar-refractivity contribution is 7.18. The monoisotopic (exact) mass is 276 g/mol. The number of aromatic nitrogens is 1. The molecule has 1 saturated heterocycles. The third-order valence-corrected chi connectivity index (χ3v) is 4.79. The second kappa shape index (κ2) is 5.99. The number of benzene rings is 1. The molecule has 0 bridgehead atoms. The molecule has 0 amide bonds. The van der Waals surface area contributed by atoms with Crippen molar-refractivity contribution < 1.29 is 4.74 Å². The molecule has 2 unspecified atom stereocenters. The lowest BCUT2D eigenvalue weighted by molar-refractivity contribution is 0.176. The third-order valence-electron chi connectivity index (χ3n) is 3.73. The van der Waals surface area contributed by atoms with Crippen molar-refractivity contribution in [1.29, 1.82) is 0 Å². The third kappa shape index (κ3) is 2.96. The normalized spacial score (nSPS) is 21.0. The Kier molecular flexibility index (Phi) is 4.11. The van der Waals surface area contributed by atoms with Gasteiger partial charge in [-0.1, -0.05) is 19.1 Å². The molecular weight excluding hydrogens is 256 g/mol. The van der Waals surface area contributed by atoms with Crippen LogP contribution in [0.15, 0.2) is 24.3 Å². The van der Waals surface area contributed by atoms with Crippen molar-refractivity contribution in [3.05, 3.63) is 29.3 Å². The quantitative estimate of drug-likeness (QED) is 0.912. The van der Waals surface area contributed by atoms with Crippen LogP contribution in [0.2, 0.25) is 0 Å². The predicted molar refractivity (Wildman–Crippen MR) is 79.7 cm³/mol. The Balaban J connectivity index is 1.76. The Hall–Kier alpha value is -0.970. The van der Waals surface area contributed by atoms with E-state index in [1.165, 1.54) is 16.1 Å². The van der Waals surface area contributed by atoms with E-state index < -0.39 is 0 Å². The first-order valence-electron chi connectivity index (χ1n) is 7.02. The smallest absolute Gasteiger partial charge is 0.0954 e. The first-order valence-corrected chi connectivity index (χ1v) is 7.84. The Morgan fingerprint density at radius 1 is 1.47 bits per heavy atom. The maximum atomic E-state index is 5.52. The molecule has 19 heavy (non-hydrogen) atoms. The predicted octanol–water partition coefficient (Wildman–Crippen LogP) is 2.85. The second-order valence-electron chi connectivity index (χ2n) is 5.07. The summed E-state index contributed by atoms with van der Waals surface area (Å²) in [6.07, 6.45) is 2.18. The van der Waals surface area contributed by atoms with E-state index >= 15 is 0 Å². The van der Waals surface area contributed by atoms with E-state index in [0.717, 1.165) is 31.7 Å². The molecule has 3 nitrogen and oxygen atoms in total. The van der Waals surface area contributed by atoms with Gasteiger partial charge >= 0.3 is 0 Å².